The average Bonchev–Trinajstić information content (AvgIpc) is 3.05. The van der Waals surface area contributed by atoms with Crippen LogP contribution in [-0.2, 0) is 25.5 Å². The van der Waals surface area contributed by atoms with E-state index < -0.39 is 34.6 Å². The van der Waals surface area contributed by atoms with Crippen LogP contribution in [0.15, 0.2) is 26.4 Å². The Balaban J connectivity index is 2.08. The Labute approximate surface area is 158 Å². The first-order valence-corrected chi connectivity index (χ1v) is 8.92. The molecule has 1 aromatic heterocycles. The van der Waals surface area contributed by atoms with Crippen molar-refractivity contribution >= 4 is 34.7 Å². The number of phenolic OH excluding ortho intramolecular Hbond substituents is 1. The van der Waals surface area contributed by atoms with Gasteiger partial charge in [0.25, 0.3) is 0 Å². The molecule has 9 heteroatoms. The SMILES string of the molecule is COC(=O)C[C@@](O)(C(=O)OC)[C@@H]1Cc2c(oc3cc(C)cc(O)c3c2=O)S1. The van der Waals surface area contributed by atoms with Crippen molar-refractivity contribution < 1.29 is 33.7 Å². The van der Waals surface area contributed by atoms with Gasteiger partial charge in [0, 0.05) is 0 Å². The summed E-state index contributed by atoms with van der Waals surface area (Å²) in [6.07, 6.45) is -0.659. The van der Waals surface area contributed by atoms with E-state index in [0.717, 1.165) is 26.0 Å². The van der Waals surface area contributed by atoms with Crippen molar-refractivity contribution in [1.82, 2.24) is 0 Å². The molecule has 0 fully saturated rings. The maximum atomic E-state index is 12.8. The van der Waals surface area contributed by atoms with Crippen LogP contribution < -0.4 is 5.43 Å². The van der Waals surface area contributed by atoms with Crippen LogP contribution in [0.5, 0.6) is 5.75 Å². The predicted octanol–water partition coefficient (Wildman–Crippen LogP) is 1.29. The lowest BCUT2D eigenvalue weighted by Gasteiger charge is -2.28. The lowest BCUT2D eigenvalue weighted by atomic mass is 9.91. The number of carbonyl (C=O) groups is 2. The minimum Gasteiger partial charge on any atom is -0.507 e. The third-order valence-corrected chi connectivity index (χ3v) is 5.91. The molecule has 2 heterocycles. The number of ether oxygens (including phenoxy) is 2. The summed E-state index contributed by atoms with van der Waals surface area (Å²) in [6.45, 7) is 1.74. The number of esters is 2. The highest BCUT2D eigenvalue weighted by atomic mass is 32.2. The Bertz CT molecular complexity index is 995. The van der Waals surface area contributed by atoms with Crippen LogP contribution in [0.3, 0.4) is 0 Å². The summed E-state index contributed by atoms with van der Waals surface area (Å²) in [5.74, 6) is -2.00. The van der Waals surface area contributed by atoms with Gasteiger partial charge in [-0.15, -0.1) is 0 Å². The number of fused-ring (bicyclic) bond motifs is 2. The number of aliphatic hydroxyl groups is 1. The van der Waals surface area contributed by atoms with Crippen molar-refractivity contribution in [3.63, 3.8) is 0 Å². The van der Waals surface area contributed by atoms with Gasteiger partial charge >= 0.3 is 11.9 Å². The molecule has 1 aliphatic heterocycles. The molecule has 2 N–H and O–H groups in total. The highest BCUT2D eigenvalue weighted by molar-refractivity contribution is 8.00. The molecule has 2 atom stereocenters. The molecule has 27 heavy (non-hydrogen) atoms. The van der Waals surface area contributed by atoms with E-state index in [1.165, 1.54) is 6.07 Å². The zero-order valence-corrected chi connectivity index (χ0v) is 15.7. The van der Waals surface area contributed by atoms with Crippen LogP contribution >= 0.6 is 11.8 Å². The zero-order chi connectivity index (χ0) is 19.9. The Morgan fingerprint density at radius 3 is 2.67 bits per heavy atom. The van der Waals surface area contributed by atoms with Crippen LogP contribution in [0.1, 0.15) is 17.5 Å². The van der Waals surface area contributed by atoms with E-state index in [-0.39, 0.29) is 33.8 Å². The standard InChI is InChI=1S/C18H18O8S/c1-8-4-10(19)14-11(5-8)26-16-9(15(14)21)6-12(27-16)18(23,17(22)25-3)7-13(20)24-2/h4-5,12,19,23H,6-7H2,1-3H3/t12-,18-/m0/s1. The molecule has 1 aromatic carbocycles. The summed E-state index contributed by atoms with van der Waals surface area (Å²) in [4.78, 5) is 36.7. The number of hydrogen-bond donors (Lipinski definition) is 2. The summed E-state index contributed by atoms with van der Waals surface area (Å²) in [7, 11) is 2.23. The third kappa shape index (κ3) is 3.17. The second-order valence-corrected chi connectivity index (χ2v) is 7.51. The largest absolute Gasteiger partial charge is 0.507 e. The molecule has 1 aliphatic rings. The molecule has 144 valence electrons. The highest BCUT2D eigenvalue weighted by Crippen LogP contribution is 2.44. The van der Waals surface area contributed by atoms with E-state index in [0.29, 0.717) is 5.56 Å². The summed E-state index contributed by atoms with van der Waals surface area (Å²) in [5.41, 5.74) is -1.50. The Morgan fingerprint density at radius 1 is 1.33 bits per heavy atom. The molecule has 3 rings (SSSR count). The topological polar surface area (TPSA) is 123 Å². The fraction of sp³-hybridized carbons (Fsp3) is 0.389. The maximum Gasteiger partial charge on any atom is 0.339 e. The van der Waals surface area contributed by atoms with E-state index >= 15 is 0 Å². The molecule has 0 saturated heterocycles. The van der Waals surface area contributed by atoms with Crippen molar-refractivity contribution in [3.8, 4) is 5.75 Å². The van der Waals surface area contributed by atoms with Gasteiger partial charge in [0.15, 0.2) is 10.7 Å². The second kappa shape index (κ2) is 6.90. The summed E-state index contributed by atoms with van der Waals surface area (Å²) in [6, 6.07) is 3.07. The van der Waals surface area contributed by atoms with Crippen LogP contribution in [0.4, 0.5) is 0 Å². The molecule has 0 radical (unpaired) electrons. The van der Waals surface area contributed by atoms with E-state index in [2.05, 4.69) is 9.47 Å². The number of carbonyl (C=O) groups excluding carboxylic acids is 2. The first kappa shape index (κ1) is 19.2. The number of benzene rings is 1. The first-order valence-electron chi connectivity index (χ1n) is 8.04. The van der Waals surface area contributed by atoms with Gasteiger partial charge in [0.1, 0.15) is 16.7 Å². The van der Waals surface area contributed by atoms with Crippen molar-refractivity contribution in [3.05, 3.63) is 33.5 Å². The lowest BCUT2D eigenvalue weighted by molar-refractivity contribution is -0.169. The number of rotatable bonds is 4. The van der Waals surface area contributed by atoms with E-state index in [4.69, 9.17) is 4.42 Å². The van der Waals surface area contributed by atoms with E-state index in [1.807, 2.05) is 0 Å². The summed E-state index contributed by atoms with van der Waals surface area (Å²) < 4.78 is 15.0. The van der Waals surface area contributed by atoms with Gasteiger partial charge in [0.2, 0.25) is 5.43 Å². The Hall–Kier alpha value is -2.52. The average molecular weight is 394 g/mol. The van der Waals surface area contributed by atoms with Gasteiger partial charge in [-0.3, -0.25) is 9.59 Å². The summed E-state index contributed by atoms with van der Waals surface area (Å²) >= 11 is 0.973. The van der Waals surface area contributed by atoms with E-state index in [1.54, 1.807) is 13.0 Å². The van der Waals surface area contributed by atoms with Gasteiger partial charge in [-0.1, -0.05) is 11.8 Å². The third-order valence-electron chi connectivity index (χ3n) is 4.53. The van der Waals surface area contributed by atoms with Gasteiger partial charge in [-0.2, -0.15) is 0 Å². The van der Waals surface area contributed by atoms with Crippen LogP contribution in [0.2, 0.25) is 0 Å². The van der Waals surface area contributed by atoms with Crippen molar-refractivity contribution in [2.24, 2.45) is 0 Å². The van der Waals surface area contributed by atoms with Crippen LogP contribution in [-0.4, -0.2) is 47.2 Å². The molecular weight excluding hydrogens is 376 g/mol. The lowest BCUT2D eigenvalue weighted by Crippen LogP contribution is -2.50. The van der Waals surface area contributed by atoms with Gasteiger partial charge in [-0.25, -0.2) is 4.79 Å². The predicted molar refractivity (Wildman–Crippen MR) is 95.8 cm³/mol. The molecule has 2 aromatic rings. The highest BCUT2D eigenvalue weighted by Gasteiger charge is 2.51. The number of phenols is 1. The molecule has 0 spiro atoms. The fourth-order valence-electron chi connectivity index (χ4n) is 3.13. The molecule has 8 nitrogen and oxygen atoms in total. The van der Waals surface area contributed by atoms with E-state index in [9.17, 15) is 24.6 Å². The Morgan fingerprint density at radius 2 is 2.04 bits per heavy atom. The van der Waals surface area contributed by atoms with Crippen molar-refractivity contribution in [2.45, 2.75) is 35.7 Å². The van der Waals surface area contributed by atoms with Crippen molar-refractivity contribution in [1.29, 1.82) is 0 Å². The number of hydrogen-bond acceptors (Lipinski definition) is 9. The first-order chi connectivity index (χ1) is 12.7. The quantitative estimate of drug-likeness (QED) is 0.738. The smallest absolute Gasteiger partial charge is 0.339 e. The number of aryl methyl sites for hydroxylation is 1. The molecule has 0 saturated carbocycles. The monoisotopic (exact) mass is 394 g/mol. The molecule has 0 bridgehead atoms. The maximum absolute atomic E-state index is 12.8. The molecule has 0 amide bonds. The minimum atomic E-state index is -2.20. The number of thioether (sulfide) groups is 1. The molecule has 0 aliphatic carbocycles. The van der Waals surface area contributed by atoms with Crippen molar-refractivity contribution in [2.75, 3.05) is 14.2 Å². The minimum absolute atomic E-state index is 0.0335. The summed E-state index contributed by atoms with van der Waals surface area (Å²) in [5, 5.41) is 20.4. The van der Waals surface area contributed by atoms with Gasteiger partial charge < -0.3 is 24.1 Å². The van der Waals surface area contributed by atoms with Crippen LogP contribution in [0, 0.1) is 6.92 Å². The molecule has 0 unspecified atom stereocenters. The van der Waals surface area contributed by atoms with Gasteiger partial charge in [-0.05, 0) is 31.0 Å². The van der Waals surface area contributed by atoms with Crippen LogP contribution in [0.25, 0.3) is 11.0 Å². The molecular formula is C18H18O8S. The zero-order valence-electron chi connectivity index (χ0n) is 14.9. The van der Waals surface area contributed by atoms with Gasteiger partial charge in [0.05, 0.1) is 31.5 Å². The number of aromatic hydroxyl groups is 1. The Kier molecular flexibility index (Phi) is 4.92. The number of methoxy groups -OCH3 is 2. The second-order valence-electron chi connectivity index (χ2n) is 6.33. The fourth-order valence-corrected chi connectivity index (χ4v) is 4.47. The normalized spacial score (nSPS) is 18.0.